The standard InChI is InChI=1S/C12H16FN3O3/c13-10-8-9(5-6-11(10)16(18)19)15-12(17)4-2-1-3-7-14/h5-6,8H,1-4,7,14H2,(H,15,17). The molecule has 0 fully saturated rings. The van der Waals surface area contributed by atoms with E-state index in [-0.39, 0.29) is 11.6 Å². The zero-order valence-corrected chi connectivity index (χ0v) is 10.4. The van der Waals surface area contributed by atoms with Gasteiger partial charge in [-0.25, -0.2) is 0 Å². The van der Waals surface area contributed by atoms with Gasteiger partial charge in [0.1, 0.15) is 0 Å². The lowest BCUT2D eigenvalue weighted by atomic mass is 10.2. The van der Waals surface area contributed by atoms with E-state index >= 15 is 0 Å². The van der Waals surface area contributed by atoms with Gasteiger partial charge in [0.2, 0.25) is 11.7 Å². The minimum Gasteiger partial charge on any atom is -0.330 e. The maximum absolute atomic E-state index is 13.3. The molecule has 3 N–H and O–H groups in total. The molecule has 0 aliphatic carbocycles. The van der Waals surface area contributed by atoms with Crippen LogP contribution in [0.15, 0.2) is 18.2 Å². The summed E-state index contributed by atoms with van der Waals surface area (Å²) in [5.41, 5.74) is 4.93. The van der Waals surface area contributed by atoms with Gasteiger partial charge < -0.3 is 11.1 Å². The molecule has 6 nitrogen and oxygen atoms in total. The second-order valence-corrected chi connectivity index (χ2v) is 4.07. The fourth-order valence-corrected chi connectivity index (χ4v) is 1.56. The Kier molecular flexibility index (Phi) is 5.87. The van der Waals surface area contributed by atoms with Gasteiger partial charge in [0.15, 0.2) is 0 Å². The largest absolute Gasteiger partial charge is 0.330 e. The van der Waals surface area contributed by atoms with Crippen LogP contribution >= 0.6 is 0 Å². The summed E-state index contributed by atoms with van der Waals surface area (Å²) in [4.78, 5) is 21.1. The van der Waals surface area contributed by atoms with Crippen LogP contribution in [0.3, 0.4) is 0 Å². The van der Waals surface area contributed by atoms with Crippen LogP contribution in [0, 0.1) is 15.9 Å². The van der Waals surface area contributed by atoms with E-state index in [2.05, 4.69) is 5.32 Å². The first-order valence-electron chi connectivity index (χ1n) is 5.98. The molecule has 1 aromatic carbocycles. The van der Waals surface area contributed by atoms with Gasteiger partial charge in [-0.05, 0) is 25.5 Å². The number of rotatable bonds is 7. The monoisotopic (exact) mass is 269 g/mol. The summed E-state index contributed by atoms with van der Waals surface area (Å²) in [5, 5.41) is 12.9. The van der Waals surface area contributed by atoms with Crippen LogP contribution in [0.2, 0.25) is 0 Å². The van der Waals surface area contributed by atoms with Gasteiger partial charge in [0.05, 0.1) is 4.92 Å². The van der Waals surface area contributed by atoms with Crippen molar-refractivity contribution in [3.8, 4) is 0 Å². The van der Waals surface area contributed by atoms with Crippen molar-refractivity contribution in [1.82, 2.24) is 0 Å². The number of nitrogens with one attached hydrogen (secondary N) is 1. The second-order valence-electron chi connectivity index (χ2n) is 4.07. The van der Waals surface area contributed by atoms with E-state index in [1.54, 1.807) is 0 Å². The van der Waals surface area contributed by atoms with Gasteiger partial charge in [-0.3, -0.25) is 14.9 Å². The highest BCUT2D eigenvalue weighted by Gasteiger charge is 2.14. The number of anilines is 1. The van der Waals surface area contributed by atoms with Gasteiger partial charge in [-0.1, -0.05) is 6.42 Å². The third-order valence-electron chi connectivity index (χ3n) is 2.54. The molecule has 1 amide bonds. The number of halogens is 1. The van der Waals surface area contributed by atoms with Gasteiger partial charge in [0.25, 0.3) is 0 Å². The van der Waals surface area contributed by atoms with E-state index in [0.717, 1.165) is 25.0 Å². The molecule has 104 valence electrons. The van der Waals surface area contributed by atoms with E-state index in [0.29, 0.717) is 19.4 Å². The molecular formula is C12H16FN3O3. The van der Waals surface area contributed by atoms with Crippen LogP contribution in [-0.4, -0.2) is 17.4 Å². The van der Waals surface area contributed by atoms with Crippen molar-refractivity contribution in [3.05, 3.63) is 34.1 Å². The molecule has 0 bridgehead atoms. The smallest absolute Gasteiger partial charge is 0.304 e. The summed E-state index contributed by atoms with van der Waals surface area (Å²) in [5.74, 6) is -1.21. The lowest BCUT2D eigenvalue weighted by Gasteiger charge is -2.05. The molecule has 0 aliphatic heterocycles. The molecule has 0 radical (unpaired) electrons. The molecule has 1 aromatic rings. The van der Waals surface area contributed by atoms with Crippen LogP contribution in [-0.2, 0) is 4.79 Å². The summed E-state index contributed by atoms with van der Waals surface area (Å²) in [6.45, 7) is 0.592. The summed E-state index contributed by atoms with van der Waals surface area (Å²) >= 11 is 0. The maximum Gasteiger partial charge on any atom is 0.304 e. The topological polar surface area (TPSA) is 98.3 Å². The molecule has 7 heteroatoms. The molecule has 0 aliphatic rings. The van der Waals surface area contributed by atoms with Crippen LogP contribution in [0.1, 0.15) is 25.7 Å². The van der Waals surface area contributed by atoms with Gasteiger partial charge in [0, 0.05) is 24.2 Å². The molecule has 0 saturated carbocycles. The molecule has 0 saturated heterocycles. The highest BCUT2D eigenvalue weighted by Crippen LogP contribution is 2.20. The van der Waals surface area contributed by atoms with Crippen LogP contribution < -0.4 is 11.1 Å². The molecule has 1 rings (SSSR count). The number of carbonyl (C=O) groups excluding carboxylic acids is 1. The van der Waals surface area contributed by atoms with Gasteiger partial charge in [-0.2, -0.15) is 4.39 Å². The number of benzene rings is 1. The average molecular weight is 269 g/mol. The van der Waals surface area contributed by atoms with Gasteiger partial charge in [-0.15, -0.1) is 0 Å². The molecule has 0 spiro atoms. The Balaban J connectivity index is 2.51. The van der Waals surface area contributed by atoms with Crippen LogP contribution in [0.5, 0.6) is 0 Å². The number of nitrogens with two attached hydrogens (primary N) is 1. The van der Waals surface area contributed by atoms with E-state index in [1.807, 2.05) is 0 Å². The number of hydrogen-bond acceptors (Lipinski definition) is 4. The van der Waals surface area contributed by atoms with Crippen molar-refractivity contribution >= 4 is 17.3 Å². The second kappa shape index (κ2) is 7.42. The molecule has 0 atom stereocenters. The third kappa shape index (κ3) is 5.01. The van der Waals surface area contributed by atoms with Crippen molar-refractivity contribution in [2.24, 2.45) is 5.73 Å². The van der Waals surface area contributed by atoms with E-state index < -0.39 is 16.4 Å². The van der Waals surface area contributed by atoms with Crippen molar-refractivity contribution in [2.75, 3.05) is 11.9 Å². The maximum atomic E-state index is 13.3. The normalized spacial score (nSPS) is 10.2. The number of nitrogens with zero attached hydrogens (tertiary/aromatic N) is 1. The third-order valence-corrected chi connectivity index (χ3v) is 2.54. The van der Waals surface area contributed by atoms with Crippen molar-refractivity contribution in [1.29, 1.82) is 0 Å². The van der Waals surface area contributed by atoms with E-state index in [9.17, 15) is 19.3 Å². The minimum absolute atomic E-state index is 0.215. The first-order chi connectivity index (χ1) is 9.04. The molecule has 19 heavy (non-hydrogen) atoms. The zero-order chi connectivity index (χ0) is 14.3. The Morgan fingerprint density at radius 2 is 2.11 bits per heavy atom. The number of nitro groups is 1. The minimum atomic E-state index is -0.967. The van der Waals surface area contributed by atoms with Crippen molar-refractivity contribution in [3.63, 3.8) is 0 Å². The van der Waals surface area contributed by atoms with Crippen molar-refractivity contribution < 1.29 is 14.1 Å². The lowest BCUT2D eigenvalue weighted by molar-refractivity contribution is -0.387. The number of unbranched alkanes of at least 4 members (excludes halogenated alkanes) is 2. The Morgan fingerprint density at radius 3 is 2.68 bits per heavy atom. The molecule has 0 unspecified atom stereocenters. The fraction of sp³-hybridized carbons (Fsp3) is 0.417. The number of amides is 1. The predicted molar refractivity (Wildman–Crippen MR) is 69.2 cm³/mol. The van der Waals surface area contributed by atoms with Gasteiger partial charge >= 0.3 is 5.69 Å². The molecular weight excluding hydrogens is 253 g/mol. The predicted octanol–water partition coefficient (Wildman–Crippen LogP) is 2.19. The number of nitro benzene ring substituents is 1. The average Bonchev–Trinajstić information content (AvgIpc) is 2.34. The van der Waals surface area contributed by atoms with Crippen LogP contribution in [0.4, 0.5) is 15.8 Å². The molecule has 0 heterocycles. The highest BCUT2D eigenvalue weighted by atomic mass is 19.1. The van der Waals surface area contributed by atoms with Crippen LogP contribution in [0.25, 0.3) is 0 Å². The summed E-state index contributed by atoms with van der Waals surface area (Å²) in [7, 11) is 0. The molecule has 0 aromatic heterocycles. The Bertz CT molecular complexity index is 466. The van der Waals surface area contributed by atoms with E-state index in [1.165, 1.54) is 6.07 Å². The SMILES string of the molecule is NCCCCCC(=O)Nc1ccc([N+](=O)[O-])c(F)c1. The quantitative estimate of drug-likeness (QED) is 0.450. The fourth-order valence-electron chi connectivity index (χ4n) is 1.56. The lowest BCUT2D eigenvalue weighted by Crippen LogP contribution is -2.11. The number of carbonyl (C=O) groups is 1. The Hall–Kier alpha value is -2.02. The first-order valence-corrected chi connectivity index (χ1v) is 5.98. The Morgan fingerprint density at radius 1 is 1.37 bits per heavy atom. The first kappa shape index (κ1) is 15.0. The highest BCUT2D eigenvalue weighted by molar-refractivity contribution is 5.90. The summed E-state index contributed by atoms with van der Waals surface area (Å²) in [6.07, 6.45) is 2.75. The van der Waals surface area contributed by atoms with Crippen molar-refractivity contribution in [2.45, 2.75) is 25.7 Å². The Labute approximate surface area is 109 Å². The number of hydrogen-bond donors (Lipinski definition) is 2. The zero-order valence-electron chi connectivity index (χ0n) is 10.4. The summed E-state index contributed by atoms with van der Waals surface area (Å²) in [6, 6.07) is 3.27. The van der Waals surface area contributed by atoms with E-state index in [4.69, 9.17) is 5.73 Å². The summed E-state index contributed by atoms with van der Waals surface area (Å²) < 4.78 is 13.3.